The van der Waals surface area contributed by atoms with Gasteiger partial charge >= 0.3 is 23.9 Å². The normalized spacial score (nSPS) is 8.80. The van der Waals surface area contributed by atoms with Gasteiger partial charge in [-0.1, -0.05) is 0 Å². The Morgan fingerprint density at radius 3 is 0.480 bits per heavy atom. The molecule has 0 saturated carbocycles. The molecule has 0 aromatic carbocycles. The second-order valence-electron chi connectivity index (χ2n) is 2.77. The average molecular weight is 611 g/mol. The van der Waals surface area contributed by atoms with Gasteiger partial charge in [-0.2, -0.15) is 101 Å². The van der Waals surface area contributed by atoms with Crippen LogP contribution in [0.5, 0.6) is 0 Å². The van der Waals surface area contributed by atoms with Gasteiger partial charge in [0.2, 0.25) is 0 Å². The van der Waals surface area contributed by atoms with Gasteiger partial charge < -0.3 is 39.6 Å². The summed E-state index contributed by atoms with van der Waals surface area (Å²) >= 11 is 27.2. The molecule has 8 nitrogen and oxygen atoms in total. The van der Waals surface area contributed by atoms with Crippen molar-refractivity contribution in [2.45, 2.75) is 18.3 Å². The first kappa shape index (κ1) is 37.3. The summed E-state index contributed by atoms with van der Waals surface area (Å²) in [5, 5.41) is 37.7. The van der Waals surface area contributed by atoms with Gasteiger partial charge in [0, 0.05) is 0 Å². The van der Waals surface area contributed by atoms with Gasteiger partial charge in [0.25, 0.3) is 0 Å². The van der Waals surface area contributed by atoms with Crippen LogP contribution in [0.25, 0.3) is 0 Å². The fourth-order valence-electron chi connectivity index (χ4n) is 0. The van der Waals surface area contributed by atoms with Crippen molar-refractivity contribution in [3.05, 3.63) is 0 Å². The molecule has 0 aliphatic carbocycles. The first-order chi connectivity index (χ1) is 10.6. The summed E-state index contributed by atoms with van der Waals surface area (Å²) in [6.07, 6.45) is 0. The zero-order valence-electron chi connectivity index (χ0n) is 11.7. The fraction of sp³-hybridized carbons (Fsp3) is 0.500. The predicted octanol–water partition coefficient (Wildman–Crippen LogP) is -4.69. The van der Waals surface area contributed by atoms with Crippen LogP contribution in [0.2, 0.25) is 0 Å². The van der Waals surface area contributed by atoms with E-state index in [4.69, 9.17) is 0 Å². The second kappa shape index (κ2) is 23.5. The van der Waals surface area contributed by atoms with Crippen LogP contribution < -0.4 is 20.4 Å². The Morgan fingerprint density at radius 2 is 0.480 bits per heavy atom. The minimum Gasteiger partial charge on any atom is -0.548 e. The third-order valence-corrected chi connectivity index (χ3v) is 2.53. The van der Waals surface area contributed by atoms with Crippen LogP contribution in [0.15, 0.2) is 0 Å². The molecule has 0 atom stereocenters. The molecule has 0 saturated heterocycles. The molecule has 0 aliphatic rings. The minimum atomic E-state index is -1.26. The summed E-state index contributed by atoms with van der Waals surface area (Å²) in [6.45, 7) is 0. The van der Waals surface area contributed by atoms with Crippen molar-refractivity contribution in [3.63, 3.8) is 0 Å². The van der Waals surface area contributed by atoms with Gasteiger partial charge in [0.1, 0.15) is 0 Å². The molecule has 0 heterocycles. The van der Waals surface area contributed by atoms with Gasteiger partial charge in [-0.15, -0.1) is 0 Å². The Bertz CT molecular complexity index is 320. The summed E-state index contributed by atoms with van der Waals surface area (Å²) in [6, 6.07) is 0. The van der Waals surface area contributed by atoms with E-state index in [1.54, 1.807) is 0 Å². The maximum Gasteiger partial charge on any atom is 4.00 e. The Kier molecular flexibility index (Phi) is 35.1. The number of rotatable bonds is 4. The number of carbonyl (C=O) groups excluding carboxylic acids is 4. The number of carbonyl (C=O) groups is 4. The summed E-state index contributed by atoms with van der Waals surface area (Å²) in [5.74, 6) is -5.05. The quantitative estimate of drug-likeness (QED) is 0.0895. The molecular formula is C8H12O8S8Sn. The van der Waals surface area contributed by atoms with Crippen molar-refractivity contribution in [3.8, 4) is 0 Å². The van der Waals surface area contributed by atoms with E-state index >= 15 is 0 Å². The van der Waals surface area contributed by atoms with Gasteiger partial charge in [0.05, 0.1) is 42.2 Å². The van der Waals surface area contributed by atoms with E-state index in [1.807, 2.05) is 0 Å². The molecular weight excluding hydrogens is 599 g/mol. The molecule has 0 rings (SSSR count). The monoisotopic (exact) mass is 612 g/mol. The third-order valence-electron chi connectivity index (χ3n) is 0.843. The molecule has 0 radical (unpaired) electrons. The molecule has 0 bridgehead atoms. The summed E-state index contributed by atoms with van der Waals surface area (Å²) in [7, 11) is 0. The summed E-state index contributed by atoms with van der Waals surface area (Å²) in [5.41, 5.74) is 0. The number of hydrogen-bond donors (Lipinski definition) is 8. The molecule has 0 aliphatic heterocycles. The molecule has 0 unspecified atom stereocenters. The Morgan fingerprint density at radius 1 is 0.440 bits per heavy atom. The van der Waals surface area contributed by atoms with Gasteiger partial charge in [-0.3, -0.25) is 0 Å². The average Bonchev–Trinajstić information content (AvgIpc) is 2.40. The molecule has 0 fully saturated rings. The topological polar surface area (TPSA) is 161 Å². The van der Waals surface area contributed by atoms with Crippen LogP contribution in [0.4, 0.5) is 0 Å². The zero-order chi connectivity index (χ0) is 20.6. The van der Waals surface area contributed by atoms with Crippen molar-refractivity contribution >= 4 is 149 Å². The predicted molar refractivity (Wildman–Crippen MR) is 113 cm³/mol. The first-order valence-corrected chi connectivity index (χ1v) is 8.98. The van der Waals surface area contributed by atoms with E-state index in [0.717, 1.165) is 0 Å². The van der Waals surface area contributed by atoms with Crippen LogP contribution in [0.3, 0.4) is 0 Å². The van der Waals surface area contributed by atoms with Crippen LogP contribution in [-0.4, -0.2) is 66.1 Å². The maximum absolute atomic E-state index is 9.44. The van der Waals surface area contributed by atoms with E-state index in [9.17, 15) is 39.6 Å². The standard InChI is InChI=1S/4C2H4O2S2.Sn/c4*3-1(4)2(5)6;/h4*2,5-6H,(H,3,4);/q;;;;+4/p-4. The van der Waals surface area contributed by atoms with Crippen molar-refractivity contribution < 1.29 is 39.6 Å². The van der Waals surface area contributed by atoms with E-state index in [2.05, 4.69) is 101 Å². The molecule has 0 amide bonds. The Hall–Kier alpha value is 1.48. The van der Waals surface area contributed by atoms with Crippen molar-refractivity contribution in [1.29, 1.82) is 0 Å². The summed E-state index contributed by atoms with van der Waals surface area (Å²) in [4.78, 5) is 37.7. The van der Waals surface area contributed by atoms with Gasteiger partial charge in [-0.05, 0) is 0 Å². The summed E-state index contributed by atoms with van der Waals surface area (Å²) < 4.78 is -3.81. The first-order valence-electron chi connectivity index (χ1n) is 4.85. The molecule has 0 aromatic heterocycles. The number of carboxylic acids is 4. The SMILES string of the molecule is O=C([O-])C(S)S.O=C([O-])C(S)S.O=C([O-])C(S)S.O=C([O-])C(S)S.[Sn+4]. The van der Waals surface area contributed by atoms with Crippen LogP contribution in [-0.2, 0) is 19.2 Å². The van der Waals surface area contributed by atoms with E-state index in [0.29, 0.717) is 0 Å². The molecule has 0 N–H and O–H groups in total. The Labute approximate surface area is 204 Å². The fourth-order valence-corrected chi connectivity index (χ4v) is 0. The number of hydrogen-bond acceptors (Lipinski definition) is 16. The molecule has 25 heavy (non-hydrogen) atoms. The maximum atomic E-state index is 9.44. The number of carboxylic acid groups (broad SMARTS) is 4. The van der Waals surface area contributed by atoms with Crippen LogP contribution in [0.1, 0.15) is 0 Å². The van der Waals surface area contributed by atoms with Gasteiger partial charge in [0.15, 0.2) is 0 Å². The molecule has 17 heteroatoms. The van der Waals surface area contributed by atoms with Crippen molar-refractivity contribution in [2.24, 2.45) is 0 Å². The second-order valence-corrected chi connectivity index (χ2v) is 8.53. The van der Waals surface area contributed by atoms with E-state index in [1.165, 1.54) is 0 Å². The number of aliphatic carboxylic acids is 4. The van der Waals surface area contributed by atoms with Crippen molar-refractivity contribution in [1.82, 2.24) is 0 Å². The third kappa shape index (κ3) is 46.0. The zero-order valence-corrected chi connectivity index (χ0v) is 21.7. The van der Waals surface area contributed by atoms with E-state index < -0.39 is 42.2 Å². The largest absolute Gasteiger partial charge is 4.00 e. The molecule has 0 spiro atoms. The van der Waals surface area contributed by atoms with E-state index in [-0.39, 0.29) is 23.9 Å². The van der Waals surface area contributed by atoms with Crippen LogP contribution >= 0.6 is 101 Å². The number of thiol groups is 8. The molecule has 0 aromatic rings. The smallest absolute Gasteiger partial charge is 0.548 e. The van der Waals surface area contributed by atoms with Gasteiger partial charge in [-0.25, -0.2) is 0 Å². The minimum absolute atomic E-state index is 0. The Balaban J connectivity index is -0.0000000702. The van der Waals surface area contributed by atoms with Crippen molar-refractivity contribution in [2.75, 3.05) is 0 Å². The van der Waals surface area contributed by atoms with Crippen LogP contribution in [0, 0.1) is 0 Å². The molecule has 144 valence electrons.